The summed E-state index contributed by atoms with van der Waals surface area (Å²) in [6, 6.07) is 4.24. The molecule has 0 amide bonds. The molecule has 1 rings (SSSR count). The molecule has 0 bridgehead atoms. The molecule has 2 atom stereocenters. The first kappa shape index (κ1) is 10.2. The Morgan fingerprint density at radius 3 is 2.38 bits per heavy atom. The summed E-state index contributed by atoms with van der Waals surface area (Å²) in [5, 5.41) is 0. The van der Waals surface area contributed by atoms with Crippen LogP contribution >= 0.6 is 0 Å². The summed E-state index contributed by atoms with van der Waals surface area (Å²) in [5.74, 6) is 1.49. The van der Waals surface area contributed by atoms with Gasteiger partial charge in [-0.15, -0.1) is 0 Å². The monoisotopic (exact) mass is 177 g/mol. The second-order valence-corrected chi connectivity index (χ2v) is 3.93. The van der Waals surface area contributed by atoms with Gasteiger partial charge in [0.2, 0.25) is 0 Å². The molecule has 2 unspecified atom stereocenters. The van der Waals surface area contributed by atoms with Crippen molar-refractivity contribution in [2.24, 2.45) is 5.92 Å². The average molecular weight is 177 g/mol. The van der Waals surface area contributed by atoms with Crippen LogP contribution in [0, 0.1) is 5.92 Å². The minimum atomic E-state index is 0.665. The van der Waals surface area contributed by atoms with E-state index in [9.17, 15) is 0 Å². The van der Waals surface area contributed by atoms with Gasteiger partial charge in [0, 0.05) is 12.4 Å². The Hall–Kier alpha value is -0.850. The molecular weight excluding hydrogens is 158 g/mol. The summed E-state index contributed by atoms with van der Waals surface area (Å²) in [6.45, 7) is 6.86. The maximum Gasteiger partial charge on any atom is 0.0270 e. The van der Waals surface area contributed by atoms with Crippen LogP contribution in [0.15, 0.2) is 24.5 Å². The summed E-state index contributed by atoms with van der Waals surface area (Å²) in [6.07, 6.45) is 6.31. The zero-order valence-corrected chi connectivity index (χ0v) is 8.83. The number of rotatable bonds is 4. The van der Waals surface area contributed by atoms with Crippen molar-refractivity contribution in [2.75, 3.05) is 0 Å². The van der Waals surface area contributed by atoms with Gasteiger partial charge in [-0.2, -0.15) is 0 Å². The third-order valence-corrected chi connectivity index (χ3v) is 2.73. The molecule has 72 valence electrons. The second kappa shape index (κ2) is 5.00. The summed E-state index contributed by atoms with van der Waals surface area (Å²) in [7, 11) is 0. The highest BCUT2D eigenvalue weighted by molar-refractivity contribution is 5.14. The lowest BCUT2D eigenvalue weighted by Gasteiger charge is -2.15. The third kappa shape index (κ3) is 3.17. The van der Waals surface area contributed by atoms with Crippen LogP contribution in [-0.2, 0) is 0 Å². The molecule has 0 N–H and O–H groups in total. The molecule has 0 aromatic carbocycles. The molecule has 1 nitrogen and oxygen atoms in total. The molecule has 0 aliphatic heterocycles. The number of aromatic nitrogens is 1. The van der Waals surface area contributed by atoms with E-state index in [0.29, 0.717) is 5.92 Å². The topological polar surface area (TPSA) is 12.9 Å². The SMILES string of the molecule is CCC(C)CC(C)c1ccncc1. The van der Waals surface area contributed by atoms with Crippen molar-refractivity contribution in [3.63, 3.8) is 0 Å². The number of nitrogens with zero attached hydrogens (tertiary/aromatic N) is 1. The fourth-order valence-electron chi connectivity index (χ4n) is 1.60. The molecular formula is C12H19N. The Morgan fingerprint density at radius 1 is 1.23 bits per heavy atom. The van der Waals surface area contributed by atoms with Gasteiger partial charge in [-0.1, -0.05) is 27.2 Å². The van der Waals surface area contributed by atoms with Crippen LogP contribution < -0.4 is 0 Å². The molecule has 1 heteroatoms. The molecule has 13 heavy (non-hydrogen) atoms. The Labute approximate surface area is 81.2 Å². The predicted octanol–water partition coefficient (Wildman–Crippen LogP) is 3.62. The Kier molecular flexibility index (Phi) is 3.94. The van der Waals surface area contributed by atoms with Gasteiger partial charge >= 0.3 is 0 Å². The third-order valence-electron chi connectivity index (χ3n) is 2.73. The molecule has 0 spiro atoms. The van der Waals surface area contributed by atoms with Crippen molar-refractivity contribution in [1.82, 2.24) is 4.98 Å². The van der Waals surface area contributed by atoms with Crippen LogP contribution in [0.3, 0.4) is 0 Å². The van der Waals surface area contributed by atoms with Crippen molar-refractivity contribution >= 4 is 0 Å². The van der Waals surface area contributed by atoms with Crippen LogP contribution in [0.5, 0.6) is 0 Å². The smallest absolute Gasteiger partial charge is 0.0270 e. The van der Waals surface area contributed by atoms with Crippen LogP contribution in [-0.4, -0.2) is 4.98 Å². The normalized spacial score (nSPS) is 15.3. The van der Waals surface area contributed by atoms with E-state index in [1.54, 1.807) is 0 Å². The maximum atomic E-state index is 4.03. The summed E-state index contributed by atoms with van der Waals surface area (Å²) < 4.78 is 0. The Balaban J connectivity index is 2.53. The summed E-state index contributed by atoms with van der Waals surface area (Å²) >= 11 is 0. The van der Waals surface area contributed by atoms with Crippen LogP contribution in [0.4, 0.5) is 0 Å². The molecule has 1 aromatic rings. The minimum absolute atomic E-state index is 0.665. The fraction of sp³-hybridized carbons (Fsp3) is 0.583. The van der Waals surface area contributed by atoms with Crippen LogP contribution in [0.2, 0.25) is 0 Å². The van der Waals surface area contributed by atoms with Gasteiger partial charge in [0.1, 0.15) is 0 Å². The van der Waals surface area contributed by atoms with Crippen molar-refractivity contribution in [1.29, 1.82) is 0 Å². The lowest BCUT2D eigenvalue weighted by molar-refractivity contribution is 0.471. The number of pyridine rings is 1. The van der Waals surface area contributed by atoms with Gasteiger partial charge < -0.3 is 0 Å². The van der Waals surface area contributed by atoms with E-state index in [0.717, 1.165) is 5.92 Å². The van der Waals surface area contributed by atoms with Crippen molar-refractivity contribution in [2.45, 2.75) is 39.5 Å². The standard InChI is InChI=1S/C12H19N/c1-4-10(2)9-11(3)12-5-7-13-8-6-12/h5-8,10-11H,4,9H2,1-3H3. The van der Waals surface area contributed by atoms with Crippen LogP contribution in [0.25, 0.3) is 0 Å². The number of hydrogen-bond donors (Lipinski definition) is 0. The zero-order chi connectivity index (χ0) is 9.68. The lowest BCUT2D eigenvalue weighted by atomic mass is 9.90. The molecule has 1 aromatic heterocycles. The van der Waals surface area contributed by atoms with Gasteiger partial charge in [0.15, 0.2) is 0 Å². The van der Waals surface area contributed by atoms with E-state index in [1.807, 2.05) is 12.4 Å². The molecule has 0 aliphatic carbocycles. The molecule has 0 fully saturated rings. The molecule has 0 saturated heterocycles. The summed E-state index contributed by atoms with van der Waals surface area (Å²) in [5.41, 5.74) is 1.41. The molecule has 0 radical (unpaired) electrons. The fourth-order valence-corrected chi connectivity index (χ4v) is 1.60. The molecule has 1 heterocycles. The zero-order valence-electron chi connectivity index (χ0n) is 8.83. The van der Waals surface area contributed by atoms with Gasteiger partial charge in [-0.05, 0) is 36.0 Å². The largest absolute Gasteiger partial charge is 0.265 e. The van der Waals surface area contributed by atoms with E-state index in [4.69, 9.17) is 0 Å². The van der Waals surface area contributed by atoms with E-state index >= 15 is 0 Å². The Bertz CT molecular complexity index is 230. The van der Waals surface area contributed by atoms with Gasteiger partial charge in [-0.25, -0.2) is 0 Å². The molecule has 0 saturated carbocycles. The predicted molar refractivity (Wildman–Crippen MR) is 56.7 cm³/mol. The summed E-state index contributed by atoms with van der Waals surface area (Å²) in [4.78, 5) is 4.03. The maximum absolute atomic E-state index is 4.03. The first-order chi connectivity index (χ1) is 6.24. The van der Waals surface area contributed by atoms with E-state index in [1.165, 1.54) is 18.4 Å². The van der Waals surface area contributed by atoms with Crippen molar-refractivity contribution in [3.8, 4) is 0 Å². The second-order valence-electron chi connectivity index (χ2n) is 3.93. The minimum Gasteiger partial charge on any atom is -0.265 e. The van der Waals surface area contributed by atoms with E-state index in [2.05, 4.69) is 37.9 Å². The van der Waals surface area contributed by atoms with Gasteiger partial charge in [0.05, 0.1) is 0 Å². The van der Waals surface area contributed by atoms with E-state index < -0.39 is 0 Å². The van der Waals surface area contributed by atoms with Gasteiger partial charge in [-0.3, -0.25) is 4.98 Å². The molecule has 0 aliphatic rings. The first-order valence-electron chi connectivity index (χ1n) is 5.14. The highest BCUT2D eigenvalue weighted by atomic mass is 14.6. The lowest BCUT2D eigenvalue weighted by Crippen LogP contribution is -2.00. The van der Waals surface area contributed by atoms with E-state index in [-0.39, 0.29) is 0 Å². The average Bonchev–Trinajstić information content (AvgIpc) is 2.19. The van der Waals surface area contributed by atoms with Gasteiger partial charge in [0.25, 0.3) is 0 Å². The Morgan fingerprint density at radius 2 is 1.85 bits per heavy atom. The number of hydrogen-bond acceptors (Lipinski definition) is 1. The van der Waals surface area contributed by atoms with Crippen molar-refractivity contribution in [3.05, 3.63) is 30.1 Å². The quantitative estimate of drug-likeness (QED) is 0.684. The van der Waals surface area contributed by atoms with Crippen molar-refractivity contribution < 1.29 is 0 Å². The highest BCUT2D eigenvalue weighted by Crippen LogP contribution is 2.23. The van der Waals surface area contributed by atoms with Crippen LogP contribution in [0.1, 0.15) is 45.1 Å². The highest BCUT2D eigenvalue weighted by Gasteiger charge is 2.08. The first-order valence-corrected chi connectivity index (χ1v) is 5.14.